The van der Waals surface area contributed by atoms with E-state index in [-0.39, 0.29) is 0 Å². The molecule has 0 amide bonds. The van der Waals surface area contributed by atoms with Crippen LogP contribution in [0.4, 0.5) is 0 Å². The lowest BCUT2D eigenvalue weighted by Gasteiger charge is -2.14. The van der Waals surface area contributed by atoms with Crippen LogP contribution in [0.3, 0.4) is 0 Å². The van der Waals surface area contributed by atoms with Crippen molar-refractivity contribution in [3.05, 3.63) is 188 Å². The molecule has 5 heteroatoms. The van der Waals surface area contributed by atoms with Crippen molar-refractivity contribution in [2.24, 2.45) is 0 Å². The summed E-state index contributed by atoms with van der Waals surface area (Å²) in [5.41, 5.74) is 8.49. The number of nitrogens with zero attached hydrogens (tertiary/aromatic N) is 4. The summed E-state index contributed by atoms with van der Waals surface area (Å²) in [6, 6.07) is 54.3. The average Bonchev–Trinajstić information content (AvgIpc) is 3.79. The number of hydrogen-bond donors (Lipinski definition) is 0. The average molecular weight is 723 g/mol. The maximum atomic E-state index is 5.22. The highest BCUT2D eigenvalue weighted by molar-refractivity contribution is 7.26. The number of allylic oxidation sites excluding steroid dienone is 5. The van der Waals surface area contributed by atoms with E-state index in [0.29, 0.717) is 17.5 Å². The van der Waals surface area contributed by atoms with Crippen LogP contribution in [0.2, 0.25) is 0 Å². The Hall–Kier alpha value is -6.95. The predicted molar refractivity (Wildman–Crippen MR) is 234 cm³/mol. The number of hydrogen-bond acceptors (Lipinski definition) is 4. The summed E-state index contributed by atoms with van der Waals surface area (Å²) >= 11 is 1.78. The van der Waals surface area contributed by atoms with Crippen LogP contribution in [0.25, 0.3) is 97.9 Å². The van der Waals surface area contributed by atoms with Gasteiger partial charge < -0.3 is 4.57 Å². The molecule has 0 aliphatic carbocycles. The Morgan fingerprint density at radius 2 is 1.29 bits per heavy atom. The Balaban J connectivity index is 1.27. The fraction of sp³-hybridized carbons (Fsp3) is 0.0200. The molecule has 0 bridgehead atoms. The van der Waals surface area contributed by atoms with Gasteiger partial charge in [-0.25, -0.2) is 15.0 Å². The predicted octanol–water partition coefficient (Wildman–Crippen LogP) is 13.6. The van der Waals surface area contributed by atoms with E-state index in [1.54, 1.807) is 17.4 Å². The Morgan fingerprint density at radius 3 is 2.15 bits per heavy atom. The Kier molecular flexibility index (Phi) is 8.01. The molecule has 0 aliphatic heterocycles. The summed E-state index contributed by atoms with van der Waals surface area (Å²) in [6.45, 7) is 5.90. The Morgan fingerprint density at radius 1 is 0.582 bits per heavy atom. The van der Waals surface area contributed by atoms with Gasteiger partial charge in [0.15, 0.2) is 17.5 Å². The van der Waals surface area contributed by atoms with Gasteiger partial charge in [0.2, 0.25) is 0 Å². The van der Waals surface area contributed by atoms with Crippen molar-refractivity contribution in [2.75, 3.05) is 0 Å². The van der Waals surface area contributed by atoms with Gasteiger partial charge in [-0.05, 0) is 65.2 Å². The summed E-state index contributed by atoms with van der Waals surface area (Å²) in [5.74, 6) is 1.87. The SMILES string of the molecule is C=C/C=C\C(=C/C)c1nc(-c2ccccc2)nc(-c2cc(-n3c4ccccc4c4ccc(-c5ccc6ccccc6c5)cc43)cc3c2sc2ccccc23)n1. The zero-order valence-electron chi connectivity index (χ0n) is 30.1. The minimum atomic E-state index is 0.612. The van der Waals surface area contributed by atoms with Crippen molar-refractivity contribution in [3.8, 4) is 39.6 Å². The quantitative estimate of drug-likeness (QED) is 0.154. The minimum absolute atomic E-state index is 0.612. The molecule has 260 valence electrons. The van der Waals surface area contributed by atoms with Gasteiger partial charge in [0, 0.05) is 53.3 Å². The molecule has 10 rings (SSSR count). The molecule has 0 N–H and O–H groups in total. The maximum absolute atomic E-state index is 5.22. The normalized spacial score (nSPS) is 12.2. The zero-order chi connectivity index (χ0) is 36.9. The second-order valence-corrected chi connectivity index (χ2v) is 14.7. The minimum Gasteiger partial charge on any atom is -0.309 e. The molecule has 55 heavy (non-hydrogen) atoms. The molecule has 3 aromatic heterocycles. The van der Waals surface area contributed by atoms with Gasteiger partial charge in [-0.1, -0.05) is 146 Å². The monoisotopic (exact) mass is 722 g/mol. The number of rotatable bonds is 7. The summed E-state index contributed by atoms with van der Waals surface area (Å²) in [5, 5.41) is 7.26. The lowest BCUT2D eigenvalue weighted by molar-refractivity contribution is 1.04. The van der Waals surface area contributed by atoms with Crippen molar-refractivity contribution in [1.29, 1.82) is 0 Å². The molecule has 4 nitrogen and oxygen atoms in total. The van der Waals surface area contributed by atoms with E-state index in [2.05, 4.69) is 145 Å². The molecule has 0 radical (unpaired) electrons. The number of fused-ring (bicyclic) bond motifs is 7. The van der Waals surface area contributed by atoms with Crippen molar-refractivity contribution >= 4 is 69.7 Å². The highest BCUT2D eigenvalue weighted by Crippen LogP contribution is 2.43. The lowest BCUT2D eigenvalue weighted by Crippen LogP contribution is -2.03. The van der Waals surface area contributed by atoms with E-state index in [0.717, 1.165) is 38.1 Å². The topological polar surface area (TPSA) is 43.6 Å². The lowest BCUT2D eigenvalue weighted by atomic mass is 10.00. The molecule has 10 aromatic rings. The molecule has 0 saturated carbocycles. The molecule has 0 spiro atoms. The third-order valence-corrected chi connectivity index (χ3v) is 11.6. The second kappa shape index (κ2) is 13.5. The van der Waals surface area contributed by atoms with E-state index in [1.807, 2.05) is 43.4 Å². The van der Waals surface area contributed by atoms with Gasteiger partial charge in [0.25, 0.3) is 0 Å². The number of thiophene rings is 1. The van der Waals surface area contributed by atoms with Gasteiger partial charge in [0.05, 0.1) is 11.0 Å². The Bertz CT molecular complexity index is 3180. The molecule has 0 atom stereocenters. The molecular weight excluding hydrogens is 689 g/mol. The van der Waals surface area contributed by atoms with Crippen LogP contribution in [-0.2, 0) is 0 Å². The first-order valence-electron chi connectivity index (χ1n) is 18.4. The highest BCUT2D eigenvalue weighted by atomic mass is 32.1. The molecule has 0 aliphatic rings. The first kappa shape index (κ1) is 32.7. The van der Waals surface area contributed by atoms with Crippen LogP contribution in [0.1, 0.15) is 12.7 Å². The third-order valence-electron chi connectivity index (χ3n) is 10.4. The van der Waals surface area contributed by atoms with E-state index in [9.17, 15) is 0 Å². The van der Waals surface area contributed by atoms with Crippen LogP contribution in [-0.4, -0.2) is 19.5 Å². The van der Waals surface area contributed by atoms with Crippen LogP contribution in [0.15, 0.2) is 183 Å². The summed E-state index contributed by atoms with van der Waals surface area (Å²) in [4.78, 5) is 15.5. The van der Waals surface area contributed by atoms with Crippen LogP contribution >= 0.6 is 11.3 Å². The van der Waals surface area contributed by atoms with Crippen molar-refractivity contribution in [3.63, 3.8) is 0 Å². The Labute approximate surface area is 322 Å². The van der Waals surface area contributed by atoms with E-state index in [1.165, 1.54) is 48.1 Å². The molecule has 7 aromatic carbocycles. The summed E-state index contributed by atoms with van der Waals surface area (Å²) < 4.78 is 4.77. The van der Waals surface area contributed by atoms with Gasteiger partial charge >= 0.3 is 0 Å². The van der Waals surface area contributed by atoms with Gasteiger partial charge in [-0.3, -0.25) is 0 Å². The van der Waals surface area contributed by atoms with Gasteiger partial charge in [-0.2, -0.15) is 0 Å². The number of benzene rings is 7. The fourth-order valence-electron chi connectivity index (χ4n) is 7.72. The van der Waals surface area contributed by atoms with Crippen molar-refractivity contribution < 1.29 is 0 Å². The number of para-hydroxylation sites is 1. The molecule has 0 unspecified atom stereocenters. The van der Waals surface area contributed by atoms with Crippen LogP contribution in [0.5, 0.6) is 0 Å². The maximum Gasteiger partial charge on any atom is 0.165 e. The highest BCUT2D eigenvalue weighted by Gasteiger charge is 2.21. The van der Waals surface area contributed by atoms with Crippen LogP contribution < -0.4 is 0 Å². The first-order valence-corrected chi connectivity index (χ1v) is 19.2. The van der Waals surface area contributed by atoms with E-state index in [4.69, 9.17) is 15.0 Å². The third kappa shape index (κ3) is 5.65. The smallest absolute Gasteiger partial charge is 0.165 e. The number of aromatic nitrogens is 4. The molecular formula is C50H34N4S. The largest absolute Gasteiger partial charge is 0.309 e. The first-order chi connectivity index (χ1) is 27.2. The summed E-state index contributed by atoms with van der Waals surface area (Å²) in [7, 11) is 0. The molecule has 0 saturated heterocycles. The summed E-state index contributed by atoms with van der Waals surface area (Å²) in [6.07, 6.45) is 7.72. The standard InChI is InChI=1S/C50H34N4S/c1-3-5-15-32(4-2)48-51-49(34-17-7-6-8-18-34)53-50(52-48)43-31-38(30-42-41-21-12-14-23-46(41)55-47(42)43)54-44-22-13-11-20-39(44)40-27-26-37(29-45(40)54)36-25-24-33-16-9-10-19-35(33)28-36/h3-31H,1H2,2H3/b15-5-,32-4+. The molecule has 3 heterocycles. The van der Waals surface area contributed by atoms with Crippen LogP contribution in [0, 0.1) is 0 Å². The zero-order valence-corrected chi connectivity index (χ0v) is 31.0. The van der Waals surface area contributed by atoms with E-state index >= 15 is 0 Å². The molecule has 0 fully saturated rings. The van der Waals surface area contributed by atoms with Gasteiger partial charge in [-0.15, -0.1) is 11.3 Å². The van der Waals surface area contributed by atoms with Crippen molar-refractivity contribution in [1.82, 2.24) is 19.5 Å². The van der Waals surface area contributed by atoms with Gasteiger partial charge in [0.1, 0.15) is 0 Å². The second-order valence-electron chi connectivity index (χ2n) is 13.6. The van der Waals surface area contributed by atoms with E-state index < -0.39 is 0 Å². The van der Waals surface area contributed by atoms with Crippen molar-refractivity contribution in [2.45, 2.75) is 6.92 Å². The fourth-order valence-corrected chi connectivity index (χ4v) is 8.91.